The van der Waals surface area contributed by atoms with Crippen molar-refractivity contribution in [2.45, 2.75) is 20.5 Å². The van der Waals surface area contributed by atoms with Gasteiger partial charge in [-0.15, -0.1) is 0 Å². The summed E-state index contributed by atoms with van der Waals surface area (Å²) in [4.78, 5) is 24.7. The summed E-state index contributed by atoms with van der Waals surface area (Å²) in [6.45, 7) is 4.79. The van der Waals surface area contributed by atoms with Gasteiger partial charge in [0.25, 0.3) is 5.91 Å². The van der Waals surface area contributed by atoms with Gasteiger partial charge in [-0.2, -0.15) is 0 Å². The van der Waals surface area contributed by atoms with Gasteiger partial charge < -0.3 is 14.8 Å². The first-order chi connectivity index (χ1) is 13.4. The highest BCUT2D eigenvalue weighted by molar-refractivity contribution is 9.10. The number of amides is 3. The van der Waals surface area contributed by atoms with E-state index in [2.05, 4.69) is 27.3 Å². The van der Waals surface area contributed by atoms with E-state index < -0.39 is 6.03 Å². The molecule has 0 bridgehead atoms. The lowest BCUT2D eigenvalue weighted by molar-refractivity contribution is -0.121. The average Bonchev–Trinajstić information content (AvgIpc) is 2.88. The molecule has 1 fully saturated rings. The summed E-state index contributed by atoms with van der Waals surface area (Å²) in [7, 11) is 1.43. The summed E-state index contributed by atoms with van der Waals surface area (Å²) in [5, 5.41) is 2.55. The van der Waals surface area contributed by atoms with Crippen LogP contribution in [-0.2, 0) is 11.4 Å². The lowest BCUT2D eigenvalue weighted by Crippen LogP contribution is -2.25. The van der Waals surface area contributed by atoms with Crippen LogP contribution in [0.2, 0.25) is 0 Å². The summed E-state index contributed by atoms with van der Waals surface area (Å²) >= 11 is 3.53. The number of benzene rings is 2. The Morgan fingerprint density at radius 2 is 1.96 bits per heavy atom. The molecule has 146 valence electrons. The Morgan fingerprint density at radius 3 is 2.61 bits per heavy atom. The average molecular weight is 445 g/mol. The summed E-state index contributed by atoms with van der Waals surface area (Å²) < 4.78 is 12.4. The molecule has 1 heterocycles. The number of carbonyl (C=O) groups is 2. The number of hydrogen-bond donors (Lipinski definition) is 1. The van der Waals surface area contributed by atoms with E-state index >= 15 is 0 Å². The Morgan fingerprint density at radius 1 is 1.18 bits per heavy atom. The lowest BCUT2D eigenvalue weighted by Gasteiger charge is -2.15. The molecule has 0 radical (unpaired) electrons. The molecule has 28 heavy (non-hydrogen) atoms. The van der Waals surface area contributed by atoms with Gasteiger partial charge in [0.2, 0.25) is 0 Å². The quantitative estimate of drug-likeness (QED) is 0.533. The Labute approximate surface area is 172 Å². The number of urea groups is 1. The fraction of sp³-hybridized carbons (Fsp3) is 0.238. The van der Waals surface area contributed by atoms with Crippen LogP contribution in [0.15, 0.2) is 46.6 Å². The van der Waals surface area contributed by atoms with E-state index in [1.807, 2.05) is 38.1 Å². The van der Waals surface area contributed by atoms with Crippen molar-refractivity contribution in [1.82, 2.24) is 10.2 Å². The lowest BCUT2D eigenvalue weighted by atomic mass is 10.1. The topological polar surface area (TPSA) is 67.9 Å². The Balaban J connectivity index is 1.88. The van der Waals surface area contributed by atoms with E-state index in [1.165, 1.54) is 12.6 Å². The van der Waals surface area contributed by atoms with Crippen molar-refractivity contribution in [3.63, 3.8) is 0 Å². The highest BCUT2D eigenvalue weighted by Crippen LogP contribution is 2.38. The standard InChI is InChI=1S/C21H21BrN2O4/c1-4-27-18-11-15(10-17-20(25)24(3)21(26)23-17)9-16(22)19(18)28-12-14-7-5-6-13(2)8-14/h5-11H,4,12H2,1-3H3,(H,23,26)/b17-10+. The van der Waals surface area contributed by atoms with Crippen LogP contribution in [-0.4, -0.2) is 30.5 Å². The van der Waals surface area contributed by atoms with Crippen molar-refractivity contribution in [3.8, 4) is 11.5 Å². The number of imide groups is 1. The molecule has 0 atom stereocenters. The predicted octanol–water partition coefficient (Wildman–Crippen LogP) is 4.26. The molecule has 1 aliphatic heterocycles. The molecule has 0 unspecified atom stereocenters. The zero-order chi connectivity index (χ0) is 20.3. The third-order valence-corrected chi connectivity index (χ3v) is 4.78. The Hall–Kier alpha value is -2.80. The van der Waals surface area contributed by atoms with Crippen molar-refractivity contribution in [2.24, 2.45) is 0 Å². The number of ether oxygens (including phenoxy) is 2. The van der Waals surface area contributed by atoms with Crippen molar-refractivity contribution in [3.05, 3.63) is 63.3 Å². The van der Waals surface area contributed by atoms with Crippen molar-refractivity contribution >= 4 is 33.9 Å². The van der Waals surface area contributed by atoms with Gasteiger partial charge in [-0.1, -0.05) is 29.8 Å². The number of nitrogens with one attached hydrogen (secondary N) is 1. The second-order valence-corrected chi connectivity index (χ2v) is 7.25. The number of aryl methyl sites for hydroxylation is 1. The molecule has 0 saturated carbocycles. The predicted molar refractivity (Wildman–Crippen MR) is 110 cm³/mol. The highest BCUT2D eigenvalue weighted by atomic mass is 79.9. The summed E-state index contributed by atoms with van der Waals surface area (Å²) in [5.41, 5.74) is 3.15. The van der Waals surface area contributed by atoms with Gasteiger partial charge in [0.15, 0.2) is 11.5 Å². The molecular weight excluding hydrogens is 424 g/mol. The van der Waals surface area contributed by atoms with E-state index in [4.69, 9.17) is 9.47 Å². The maximum atomic E-state index is 12.1. The number of hydrogen-bond acceptors (Lipinski definition) is 4. The van der Waals surface area contributed by atoms with Gasteiger partial charge in [-0.3, -0.25) is 9.69 Å². The minimum absolute atomic E-state index is 0.218. The van der Waals surface area contributed by atoms with Crippen LogP contribution in [0, 0.1) is 6.92 Å². The SMILES string of the molecule is CCOc1cc(/C=C2/NC(=O)N(C)C2=O)cc(Br)c1OCc1cccc(C)c1. The Kier molecular flexibility index (Phi) is 6.04. The molecule has 7 heteroatoms. The zero-order valence-electron chi connectivity index (χ0n) is 15.9. The fourth-order valence-electron chi connectivity index (χ4n) is 2.82. The normalized spacial score (nSPS) is 15.1. The first kappa shape index (κ1) is 19.9. The number of halogens is 1. The summed E-state index contributed by atoms with van der Waals surface area (Å²) in [6, 6.07) is 11.3. The molecule has 2 aromatic carbocycles. The molecule has 1 aliphatic rings. The van der Waals surface area contributed by atoms with Crippen LogP contribution >= 0.6 is 15.9 Å². The third kappa shape index (κ3) is 4.36. The van der Waals surface area contributed by atoms with Crippen molar-refractivity contribution in [2.75, 3.05) is 13.7 Å². The minimum Gasteiger partial charge on any atom is -0.490 e. The van der Waals surface area contributed by atoms with Gasteiger partial charge >= 0.3 is 6.03 Å². The largest absolute Gasteiger partial charge is 0.490 e. The number of nitrogens with zero attached hydrogens (tertiary/aromatic N) is 1. The summed E-state index contributed by atoms with van der Waals surface area (Å²) in [5.74, 6) is 0.768. The molecule has 0 aliphatic carbocycles. The van der Waals surface area contributed by atoms with E-state index in [0.29, 0.717) is 34.7 Å². The molecule has 0 aromatic heterocycles. The van der Waals surface area contributed by atoms with E-state index in [9.17, 15) is 9.59 Å². The van der Waals surface area contributed by atoms with Crippen LogP contribution in [0.25, 0.3) is 6.08 Å². The number of likely N-dealkylation sites (N-methyl/N-ethyl adjacent to an activating group) is 1. The van der Waals surface area contributed by atoms with Crippen LogP contribution < -0.4 is 14.8 Å². The van der Waals surface area contributed by atoms with Crippen LogP contribution in [0.1, 0.15) is 23.6 Å². The monoisotopic (exact) mass is 444 g/mol. The molecular formula is C21H21BrN2O4. The first-order valence-electron chi connectivity index (χ1n) is 8.84. The minimum atomic E-state index is -0.446. The third-order valence-electron chi connectivity index (χ3n) is 4.19. The molecule has 1 saturated heterocycles. The van der Waals surface area contributed by atoms with Gasteiger partial charge in [0, 0.05) is 7.05 Å². The van der Waals surface area contributed by atoms with Crippen LogP contribution in [0.5, 0.6) is 11.5 Å². The molecule has 0 spiro atoms. The van der Waals surface area contributed by atoms with Gasteiger partial charge in [0.1, 0.15) is 12.3 Å². The maximum Gasteiger partial charge on any atom is 0.328 e. The highest BCUT2D eigenvalue weighted by Gasteiger charge is 2.30. The molecule has 3 amide bonds. The smallest absolute Gasteiger partial charge is 0.328 e. The Bertz CT molecular complexity index is 955. The molecule has 1 N–H and O–H groups in total. The summed E-state index contributed by atoms with van der Waals surface area (Å²) in [6.07, 6.45) is 1.61. The second-order valence-electron chi connectivity index (χ2n) is 6.39. The second kappa shape index (κ2) is 8.48. The number of rotatable bonds is 6. The van der Waals surface area contributed by atoms with Crippen molar-refractivity contribution < 1.29 is 19.1 Å². The molecule has 3 rings (SSSR count). The fourth-order valence-corrected chi connectivity index (χ4v) is 3.40. The van der Waals surface area contributed by atoms with Crippen LogP contribution in [0.3, 0.4) is 0 Å². The molecule has 2 aromatic rings. The molecule has 6 nitrogen and oxygen atoms in total. The van der Waals surface area contributed by atoms with E-state index in [1.54, 1.807) is 12.1 Å². The maximum absolute atomic E-state index is 12.1. The van der Waals surface area contributed by atoms with E-state index in [-0.39, 0.29) is 11.6 Å². The number of carbonyl (C=O) groups excluding carboxylic acids is 2. The zero-order valence-corrected chi connectivity index (χ0v) is 17.5. The first-order valence-corrected chi connectivity index (χ1v) is 9.63. The van der Waals surface area contributed by atoms with Crippen molar-refractivity contribution in [1.29, 1.82) is 0 Å². The van der Waals surface area contributed by atoms with E-state index in [0.717, 1.165) is 10.5 Å². The van der Waals surface area contributed by atoms with Gasteiger partial charge in [-0.25, -0.2) is 4.79 Å². The van der Waals surface area contributed by atoms with Gasteiger partial charge in [0.05, 0.1) is 11.1 Å². The van der Waals surface area contributed by atoms with Crippen LogP contribution in [0.4, 0.5) is 4.79 Å². The van der Waals surface area contributed by atoms with Gasteiger partial charge in [-0.05, 0) is 59.1 Å².